The zero-order chi connectivity index (χ0) is 24.4. The molecule has 0 aliphatic carbocycles. The van der Waals surface area contributed by atoms with Crippen molar-refractivity contribution in [3.63, 3.8) is 0 Å². The van der Waals surface area contributed by atoms with Crippen LogP contribution in [0.1, 0.15) is 12.0 Å². The molecule has 0 fully saturated rings. The molecule has 184 valence electrons. The molecule has 4 N–H and O–H groups in total. The van der Waals surface area contributed by atoms with Gasteiger partial charge in [-0.3, -0.25) is 4.68 Å². The number of nitrogens with zero attached hydrogens (tertiary/aromatic N) is 5. The Hall–Kier alpha value is -3.13. The second kappa shape index (κ2) is 12.4. The molecule has 14 heteroatoms. The van der Waals surface area contributed by atoms with Crippen molar-refractivity contribution in [2.45, 2.75) is 25.7 Å². The Kier molecular flexibility index (Phi) is 9.27. The van der Waals surface area contributed by atoms with Crippen LogP contribution in [0.4, 0.5) is 30.8 Å². The molecular weight excluding hydrogens is 521 g/mol. The standard InChI is InChI=1S/C20H24BrF3N8O2/c21-6-1-9-33-16-4-2-14(3-5-16)10-26-17-29-18(28-15-11-27-32(12-15)8-7-25)31-19(30-17)34-13-20(22,23)24/h2-5,11-12H,1,6-10,13,25H2,(H2,26,28,29,30,31). The smallest absolute Gasteiger partial charge is 0.422 e. The topological polar surface area (TPSA) is 125 Å². The van der Waals surface area contributed by atoms with E-state index in [1.54, 1.807) is 10.9 Å². The molecule has 10 nitrogen and oxygen atoms in total. The third-order valence-electron chi connectivity index (χ3n) is 4.15. The van der Waals surface area contributed by atoms with Gasteiger partial charge in [-0.25, -0.2) is 0 Å². The van der Waals surface area contributed by atoms with Gasteiger partial charge >= 0.3 is 12.2 Å². The lowest BCUT2D eigenvalue weighted by Gasteiger charge is -2.12. The summed E-state index contributed by atoms with van der Waals surface area (Å²) in [7, 11) is 0. The Bertz CT molecular complexity index is 1030. The Morgan fingerprint density at radius 3 is 2.53 bits per heavy atom. The number of benzene rings is 1. The molecular formula is C20H24BrF3N8O2. The fourth-order valence-electron chi connectivity index (χ4n) is 2.64. The van der Waals surface area contributed by atoms with Crippen molar-refractivity contribution in [3.8, 4) is 11.8 Å². The van der Waals surface area contributed by atoms with E-state index in [1.165, 1.54) is 6.20 Å². The zero-order valence-corrected chi connectivity index (χ0v) is 19.6. The van der Waals surface area contributed by atoms with Gasteiger partial charge in [0.05, 0.1) is 25.0 Å². The second-order valence-electron chi connectivity index (χ2n) is 6.96. The summed E-state index contributed by atoms with van der Waals surface area (Å²) < 4.78 is 49.8. The molecule has 0 aliphatic rings. The van der Waals surface area contributed by atoms with Gasteiger partial charge in [0.25, 0.3) is 0 Å². The van der Waals surface area contributed by atoms with Gasteiger partial charge in [0, 0.05) is 24.6 Å². The van der Waals surface area contributed by atoms with Crippen LogP contribution in [-0.2, 0) is 13.1 Å². The Balaban J connectivity index is 1.69. The quantitative estimate of drug-likeness (QED) is 0.219. The summed E-state index contributed by atoms with van der Waals surface area (Å²) in [6.45, 7) is 0.306. The maximum absolute atomic E-state index is 12.6. The van der Waals surface area contributed by atoms with Crippen molar-refractivity contribution in [1.82, 2.24) is 24.7 Å². The molecule has 0 spiro atoms. The Morgan fingerprint density at radius 2 is 1.82 bits per heavy atom. The number of ether oxygens (including phenoxy) is 2. The largest absolute Gasteiger partial charge is 0.494 e. The summed E-state index contributed by atoms with van der Waals surface area (Å²) >= 11 is 3.35. The summed E-state index contributed by atoms with van der Waals surface area (Å²) in [6.07, 6.45) is -0.451. The molecule has 3 aromatic rings. The van der Waals surface area contributed by atoms with Crippen molar-refractivity contribution < 1.29 is 22.6 Å². The molecule has 0 radical (unpaired) electrons. The van der Waals surface area contributed by atoms with Crippen LogP contribution in [0.2, 0.25) is 0 Å². The minimum atomic E-state index is -4.53. The van der Waals surface area contributed by atoms with Crippen molar-refractivity contribution >= 4 is 33.5 Å². The van der Waals surface area contributed by atoms with Gasteiger partial charge in [-0.15, -0.1) is 0 Å². The first kappa shape index (κ1) is 25.5. The summed E-state index contributed by atoms with van der Waals surface area (Å²) in [4.78, 5) is 12.1. The third kappa shape index (κ3) is 8.67. The summed E-state index contributed by atoms with van der Waals surface area (Å²) in [5.74, 6) is 0.786. The second-order valence-corrected chi connectivity index (χ2v) is 7.76. The van der Waals surface area contributed by atoms with E-state index in [2.05, 4.69) is 46.6 Å². The van der Waals surface area contributed by atoms with Gasteiger partial charge in [0.1, 0.15) is 5.75 Å². The number of hydrogen-bond donors (Lipinski definition) is 3. The molecule has 34 heavy (non-hydrogen) atoms. The normalized spacial score (nSPS) is 11.3. The first-order chi connectivity index (χ1) is 16.3. The van der Waals surface area contributed by atoms with E-state index in [-0.39, 0.29) is 11.9 Å². The highest BCUT2D eigenvalue weighted by atomic mass is 79.9. The van der Waals surface area contributed by atoms with Crippen LogP contribution in [0.15, 0.2) is 36.7 Å². The molecule has 0 unspecified atom stereocenters. The average Bonchev–Trinajstić information content (AvgIpc) is 3.24. The number of aromatic nitrogens is 5. The van der Waals surface area contributed by atoms with Crippen LogP contribution in [0.5, 0.6) is 11.8 Å². The Labute approximate surface area is 202 Å². The van der Waals surface area contributed by atoms with E-state index in [9.17, 15) is 13.2 Å². The minimum absolute atomic E-state index is 0.00230. The van der Waals surface area contributed by atoms with E-state index in [1.807, 2.05) is 24.3 Å². The number of hydrogen-bond acceptors (Lipinski definition) is 9. The molecule has 0 amide bonds. The monoisotopic (exact) mass is 544 g/mol. The average molecular weight is 545 g/mol. The van der Waals surface area contributed by atoms with Crippen LogP contribution < -0.4 is 25.8 Å². The lowest BCUT2D eigenvalue weighted by molar-refractivity contribution is -0.154. The van der Waals surface area contributed by atoms with Crippen molar-refractivity contribution in [1.29, 1.82) is 0 Å². The van der Waals surface area contributed by atoms with Crippen LogP contribution in [0.3, 0.4) is 0 Å². The molecule has 3 rings (SSSR count). The summed E-state index contributed by atoms with van der Waals surface area (Å²) in [5, 5.41) is 10.8. The van der Waals surface area contributed by atoms with Gasteiger partial charge in [0.15, 0.2) is 6.61 Å². The lowest BCUT2D eigenvalue weighted by atomic mass is 10.2. The first-order valence-corrected chi connectivity index (χ1v) is 11.4. The predicted molar refractivity (Wildman–Crippen MR) is 124 cm³/mol. The predicted octanol–water partition coefficient (Wildman–Crippen LogP) is 3.49. The molecule has 1 aromatic carbocycles. The van der Waals surface area contributed by atoms with Gasteiger partial charge in [-0.05, 0) is 24.1 Å². The highest BCUT2D eigenvalue weighted by molar-refractivity contribution is 9.09. The maximum Gasteiger partial charge on any atom is 0.422 e. The maximum atomic E-state index is 12.6. The van der Waals surface area contributed by atoms with E-state index in [0.29, 0.717) is 31.9 Å². The SMILES string of the molecule is NCCn1cc(Nc2nc(NCc3ccc(OCCCBr)cc3)nc(OCC(F)(F)F)n2)cn1. The highest BCUT2D eigenvalue weighted by Gasteiger charge is 2.29. The van der Waals surface area contributed by atoms with Gasteiger partial charge in [0.2, 0.25) is 11.9 Å². The molecule has 0 aliphatic heterocycles. The summed E-state index contributed by atoms with van der Waals surface area (Å²) in [5.41, 5.74) is 6.93. The van der Waals surface area contributed by atoms with E-state index >= 15 is 0 Å². The van der Waals surface area contributed by atoms with Crippen LogP contribution in [-0.4, -0.2) is 56.0 Å². The molecule has 0 saturated heterocycles. The molecule has 0 atom stereocenters. The fourth-order valence-corrected chi connectivity index (χ4v) is 2.87. The van der Waals surface area contributed by atoms with Crippen LogP contribution in [0, 0.1) is 0 Å². The zero-order valence-electron chi connectivity index (χ0n) is 18.1. The first-order valence-electron chi connectivity index (χ1n) is 10.3. The van der Waals surface area contributed by atoms with Crippen LogP contribution in [0.25, 0.3) is 0 Å². The molecule has 0 saturated carbocycles. The number of alkyl halides is 4. The minimum Gasteiger partial charge on any atom is -0.494 e. The number of nitrogens with two attached hydrogens (primary N) is 1. The fraction of sp³-hybridized carbons (Fsp3) is 0.400. The van der Waals surface area contributed by atoms with Gasteiger partial charge in [-0.1, -0.05) is 28.1 Å². The molecule has 0 bridgehead atoms. The number of anilines is 3. The van der Waals surface area contributed by atoms with Crippen molar-refractivity contribution in [2.75, 3.05) is 35.7 Å². The lowest BCUT2D eigenvalue weighted by Crippen LogP contribution is -2.20. The molecule has 2 heterocycles. The van der Waals surface area contributed by atoms with E-state index in [0.717, 1.165) is 23.1 Å². The Morgan fingerprint density at radius 1 is 1.06 bits per heavy atom. The van der Waals surface area contributed by atoms with E-state index < -0.39 is 18.8 Å². The van der Waals surface area contributed by atoms with Gasteiger partial charge < -0.3 is 25.8 Å². The van der Waals surface area contributed by atoms with E-state index in [4.69, 9.17) is 15.2 Å². The van der Waals surface area contributed by atoms with Crippen LogP contribution >= 0.6 is 15.9 Å². The number of rotatable bonds is 13. The summed E-state index contributed by atoms with van der Waals surface area (Å²) in [6, 6.07) is 6.93. The van der Waals surface area contributed by atoms with Crippen molar-refractivity contribution in [3.05, 3.63) is 42.2 Å². The number of nitrogens with one attached hydrogen (secondary N) is 2. The third-order valence-corrected chi connectivity index (χ3v) is 4.71. The van der Waals surface area contributed by atoms with Crippen molar-refractivity contribution in [2.24, 2.45) is 5.73 Å². The van der Waals surface area contributed by atoms with Gasteiger partial charge in [-0.2, -0.15) is 33.2 Å². The highest BCUT2D eigenvalue weighted by Crippen LogP contribution is 2.20. The molecule has 2 aromatic heterocycles. The number of halogens is 4.